The van der Waals surface area contributed by atoms with E-state index in [0.29, 0.717) is 17.1 Å². The third-order valence-corrected chi connectivity index (χ3v) is 3.49. The van der Waals surface area contributed by atoms with Gasteiger partial charge in [-0.3, -0.25) is 10.2 Å². The van der Waals surface area contributed by atoms with Gasteiger partial charge in [0.15, 0.2) is 0 Å². The molecule has 5 nitrogen and oxygen atoms in total. The number of benzene rings is 1. The third kappa shape index (κ3) is 3.52. The van der Waals surface area contributed by atoms with Crippen molar-refractivity contribution in [2.75, 3.05) is 7.11 Å². The number of carbonyl (C=O) groups is 1. The number of hydrazine groups is 1. The van der Waals surface area contributed by atoms with Gasteiger partial charge in [-0.15, -0.1) is 11.8 Å². The van der Waals surface area contributed by atoms with Crippen LogP contribution in [0.1, 0.15) is 16.1 Å². The zero-order valence-corrected chi connectivity index (χ0v) is 11.2. The van der Waals surface area contributed by atoms with Crippen LogP contribution in [0.15, 0.2) is 45.9 Å². The first-order chi connectivity index (χ1) is 9.22. The molecule has 0 spiro atoms. The monoisotopic (exact) mass is 278 g/mol. The highest BCUT2D eigenvalue weighted by Gasteiger charge is 2.09. The predicted molar refractivity (Wildman–Crippen MR) is 72.9 cm³/mol. The summed E-state index contributed by atoms with van der Waals surface area (Å²) >= 11 is 1.60. The maximum Gasteiger partial charge on any atom is 0.268 e. The zero-order valence-electron chi connectivity index (χ0n) is 10.4. The number of nitrogens with one attached hydrogen (secondary N) is 1. The molecule has 0 aliphatic carbocycles. The molecule has 0 aliphatic heterocycles. The summed E-state index contributed by atoms with van der Waals surface area (Å²) in [6, 6.07) is 9.43. The van der Waals surface area contributed by atoms with E-state index in [1.165, 1.54) is 6.26 Å². The fourth-order valence-electron chi connectivity index (χ4n) is 1.50. The van der Waals surface area contributed by atoms with E-state index >= 15 is 0 Å². The fourth-order valence-corrected chi connectivity index (χ4v) is 2.34. The van der Waals surface area contributed by atoms with Crippen LogP contribution in [0, 0.1) is 0 Å². The second kappa shape index (κ2) is 6.31. The molecule has 1 heterocycles. The average molecular weight is 278 g/mol. The van der Waals surface area contributed by atoms with Gasteiger partial charge in [-0.1, -0.05) is 6.07 Å². The van der Waals surface area contributed by atoms with Crippen molar-refractivity contribution in [2.24, 2.45) is 5.84 Å². The molecule has 1 amide bonds. The molecule has 3 N–H and O–H groups in total. The van der Waals surface area contributed by atoms with Crippen LogP contribution in [0.2, 0.25) is 0 Å². The van der Waals surface area contributed by atoms with Crippen molar-refractivity contribution in [1.29, 1.82) is 0 Å². The Balaban J connectivity index is 1.98. The first-order valence-electron chi connectivity index (χ1n) is 5.58. The lowest BCUT2D eigenvalue weighted by Gasteiger charge is -2.02. The largest absolute Gasteiger partial charge is 0.497 e. The Morgan fingerprint density at radius 3 is 3.05 bits per heavy atom. The number of furan rings is 1. The molecule has 0 saturated carbocycles. The molecular weight excluding hydrogens is 264 g/mol. The molecule has 0 radical (unpaired) electrons. The van der Waals surface area contributed by atoms with Crippen LogP contribution in [0.3, 0.4) is 0 Å². The van der Waals surface area contributed by atoms with E-state index in [-0.39, 0.29) is 5.91 Å². The van der Waals surface area contributed by atoms with Crippen LogP contribution in [0.25, 0.3) is 0 Å². The van der Waals surface area contributed by atoms with Crippen LogP contribution in [0.5, 0.6) is 5.75 Å². The summed E-state index contributed by atoms with van der Waals surface area (Å²) < 4.78 is 10.5. The van der Waals surface area contributed by atoms with Gasteiger partial charge in [-0.25, -0.2) is 5.84 Å². The number of thioether (sulfide) groups is 1. The molecule has 19 heavy (non-hydrogen) atoms. The quantitative estimate of drug-likeness (QED) is 0.379. The lowest BCUT2D eigenvalue weighted by Crippen LogP contribution is -2.29. The molecule has 1 aromatic carbocycles. The van der Waals surface area contributed by atoms with Crippen LogP contribution in [-0.2, 0) is 5.75 Å². The number of amides is 1. The van der Waals surface area contributed by atoms with Gasteiger partial charge in [0.2, 0.25) is 0 Å². The lowest BCUT2D eigenvalue weighted by atomic mass is 10.3. The van der Waals surface area contributed by atoms with Crippen LogP contribution < -0.4 is 16.0 Å². The van der Waals surface area contributed by atoms with Gasteiger partial charge in [-0.2, -0.15) is 0 Å². The zero-order chi connectivity index (χ0) is 13.7. The summed E-state index contributed by atoms with van der Waals surface area (Å²) in [6.45, 7) is 0. The summed E-state index contributed by atoms with van der Waals surface area (Å²) in [5.41, 5.74) is 2.48. The summed E-state index contributed by atoms with van der Waals surface area (Å²) in [5, 5.41) is 0. The highest BCUT2D eigenvalue weighted by molar-refractivity contribution is 7.98. The van der Waals surface area contributed by atoms with Crippen molar-refractivity contribution in [3.05, 3.63) is 47.9 Å². The van der Waals surface area contributed by atoms with Crippen molar-refractivity contribution in [1.82, 2.24) is 5.43 Å². The summed E-state index contributed by atoms with van der Waals surface area (Å²) in [5.74, 6) is 6.85. The minimum atomic E-state index is -0.360. The molecule has 2 aromatic rings. The van der Waals surface area contributed by atoms with Crippen LogP contribution >= 0.6 is 11.8 Å². The molecule has 6 heteroatoms. The molecule has 1 aromatic heterocycles. The number of carbonyl (C=O) groups excluding carboxylic acids is 1. The van der Waals surface area contributed by atoms with Crippen LogP contribution in [0.4, 0.5) is 0 Å². The Hall–Kier alpha value is -1.92. The predicted octanol–water partition coefficient (Wildman–Crippen LogP) is 2.18. The Labute approximate surface area is 115 Å². The SMILES string of the molecule is COc1cccc(SCc2cc(C(=O)NN)co2)c1. The molecule has 100 valence electrons. The number of nitrogens with two attached hydrogens (primary N) is 1. The maximum atomic E-state index is 11.3. The van der Waals surface area contributed by atoms with Gasteiger partial charge in [0.25, 0.3) is 5.91 Å². The molecule has 0 unspecified atom stereocenters. The summed E-state index contributed by atoms with van der Waals surface area (Å²) in [7, 11) is 1.63. The summed E-state index contributed by atoms with van der Waals surface area (Å²) in [4.78, 5) is 12.3. The second-order valence-electron chi connectivity index (χ2n) is 3.74. The number of methoxy groups -OCH3 is 1. The van der Waals surface area contributed by atoms with Crippen molar-refractivity contribution < 1.29 is 13.9 Å². The molecule has 0 atom stereocenters. The average Bonchev–Trinajstić information content (AvgIpc) is 2.93. The van der Waals surface area contributed by atoms with E-state index in [9.17, 15) is 4.79 Å². The second-order valence-corrected chi connectivity index (χ2v) is 4.79. The summed E-state index contributed by atoms with van der Waals surface area (Å²) in [6.07, 6.45) is 1.39. The van der Waals surface area contributed by atoms with Crippen molar-refractivity contribution >= 4 is 17.7 Å². The normalized spacial score (nSPS) is 10.2. The minimum Gasteiger partial charge on any atom is -0.497 e. The van der Waals surface area contributed by atoms with E-state index < -0.39 is 0 Å². The lowest BCUT2D eigenvalue weighted by molar-refractivity contribution is 0.0953. The Morgan fingerprint density at radius 1 is 1.47 bits per heavy atom. The van der Waals surface area contributed by atoms with Gasteiger partial charge in [0.1, 0.15) is 17.8 Å². The highest BCUT2D eigenvalue weighted by Crippen LogP contribution is 2.26. The number of hydrogen-bond acceptors (Lipinski definition) is 5. The Bertz CT molecular complexity index is 569. The Kier molecular flexibility index (Phi) is 4.48. The number of nitrogen functional groups attached to an aromatic ring is 1. The number of rotatable bonds is 5. The van der Waals surface area contributed by atoms with E-state index in [1.807, 2.05) is 24.3 Å². The van der Waals surface area contributed by atoms with Gasteiger partial charge < -0.3 is 9.15 Å². The van der Waals surface area contributed by atoms with Crippen LogP contribution in [-0.4, -0.2) is 13.0 Å². The molecule has 0 bridgehead atoms. The fraction of sp³-hybridized carbons (Fsp3) is 0.154. The topological polar surface area (TPSA) is 77.5 Å². The highest BCUT2D eigenvalue weighted by atomic mass is 32.2. The Morgan fingerprint density at radius 2 is 2.32 bits per heavy atom. The number of ether oxygens (including phenoxy) is 1. The first kappa shape index (κ1) is 13.5. The molecule has 2 rings (SSSR count). The molecule has 0 aliphatic rings. The van der Waals surface area contributed by atoms with Gasteiger partial charge in [-0.05, 0) is 24.3 Å². The number of hydrogen-bond donors (Lipinski definition) is 2. The molecule has 0 fully saturated rings. The van der Waals surface area contributed by atoms with E-state index in [1.54, 1.807) is 24.9 Å². The van der Waals surface area contributed by atoms with E-state index in [4.69, 9.17) is 15.0 Å². The minimum absolute atomic E-state index is 0.360. The maximum absolute atomic E-state index is 11.3. The van der Waals surface area contributed by atoms with Gasteiger partial charge in [0.05, 0.1) is 18.4 Å². The van der Waals surface area contributed by atoms with Gasteiger partial charge in [0, 0.05) is 4.90 Å². The third-order valence-electron chi connectivity index (χ3n) is 2.47. The molecular formula is C13H14N2O3S. The van der Waals surface area contributed by atoms with Crippen molar-refractivity contribution in [3.8, 4) is 5.75 Å². The molecule has 0 saturated heterocycles. The first-order valence-corrected chi connectivity index (χ1v) is 6.56. The van der Waals surface area contributed by atoms with Gasteiger partial charge >= 0.3 is 0 Å². The standard InChI is InChI=1S/C13H14N2O3S/c1-17-10-3-2-4-12(6-10)19-8-11-5-9(7-18-11)13(16)15-14/h2-7H,8,14H2,1H3,(H,15,16). The van der Waals surface area contributed by atoms with Crippen molar-refractivity contribution in [2.45, 2.75) is 10.6 Å². The van der Waals surface area contributed by atoms with E-state index in [0.717, 1.165) is 10.6 Å². The van der Waals surface area contributed by atoms with E-state index in [2.05, 4.69) is 5.43 Å². The van der Waals surface area contributed by atoms with Crippen molar-refractivity contribution in [3.63, 3.8) is 0 Å². The smallest absolute Gasteiger partial charge is 0.268 e.